The number of hydrogen-bond acceptors (Lipinski definition) is 4. The lowest BCUT2D eigenvalue weighted by molar-refractivity contribution is -0.136. The first-order valence-corrected chi connectivity index (χ1v) is 7.94. The molecular formula is C17H24N2O4. The number of hydrogen-bond donors (Lipinski definition) is 1. The molecule has 0 aromatic heterocycles. The molecular weight excluding hydrogens is 296 g/mol. The van der Waals surface area contributed by atoms with E-state index in [-0.39, 0.29) is 24.5 Å². The third kappa shape index (κ3) is 4.96. The average molecular weight is 320 g/mol. The maximum absolute atomic E-state index is 12.2. The first kappa shape index (κ1) is 17.3. The van der Waals surface area contributed by atoms with E-state index in [1.165, 1.54) is 7.11 Å². The summed E-state index contributed by atoms with van der Waals surface area (Å²) in [4.78, 5) is 25.8. The summed E-state index contributed by atoms with van der Waals surface area (Å²) in [5, 5.41) is 3.03. The van der Waals surface area contributed by atoms with Gasteiger partial charge in [-0.25, -0.2) is 0 Å². The maximum Gasteiger partial charge on any atom is 0.251 e. The van der Waals surface area contributed by atoms with Gasteiger partial charge in [-0.15, -0.1) is 0 Å². The molecule has 1 saturated heterocycles. The number of amides is 2. The van der Waals surface area contributed by atoms with Crippen molar-refractivity contribution >= 4 is 11.8 Å². The molecule has 0 radical (unpaired) electrons. The zero-order valence-electron chi connectivity index (χ0n) is 13.7. The quantitative estimate of drug-likeness (QED) is 0.861. The van der Waals surface area contributed by atoms with Crippen molar-refractivity contribution in [1.29, 1.82) is 0 Å². The SMILES string of the molecule is CCOc1ccc(C(=O)NC2CCN(C(=O)COC)CC2)cc1. The summed E-state index contributed by atoms with van der Waals surface area (Å²) < 4.78 is 10.2. The molecule has 126 valence electrons. The fourth-order valence-corrected chi connectivity index (χ4v) is 2.63. The van der Waals surface area contributed by atoms with E-state index in [0.29, 0.717) is 25.3 Å². The molecule has 6 nitrogen and oxygen atoms in total. The van der Waals surface area contributed by atoms with Crippen molar-refractivity contribution in [3.63, 3.8) is 0 Å². The predicted molar refractivity (Wildman–Crippen MR) is 86.6 cm³/mol. The fraction of sp³-hybridized carbons (Fsp3) is 0.529. The zero-order valence-corrected chi connectivity index (χ0v) is 13.7. The number of carbonyl (C=O) groups excluding carboxylic acids is 2. The van der Waals surface area contributed by atoms with Gasteiger partial charge in [0, 0.05) is 31.8 Å². The van der Waals surface area contributed by atoms with Gasteiger partial charge in [-0.3, -0.25) is 9.59 Å². The topological polar surface area (TPSA) is 67.9 Å². The highest BCUT2D eigenvalue weighted by Gasteiger charge is 2.23. The fourth-order valence-electron chi connectivity index (χ4n) is 2.63. The van der Waals surface area contributed by atoms with Gasteiger partial charge in [-0.05, 0) is 44.0 Å². The van der Waals surface area contributed by atoms with Gasteiger partial charge in [0.2, 0.25) is 5.91 Å². The summed E-state index contributed by atoms with van der Waals surface area (Å²) in [7, 11) is 1.52. The molecule has 0 atom stereocenters. The van der Waals surface area contributed by atoms with Gasteiger partial charge in [0.1, 0.15) is 12.4 Å². The van der Waals surface area contributed by atoms with Crippen LogP contribution in [0.15, 0.2) is 24.3 Å². The van der Waals surface area contributed by atoms with Gasteiger partial charge < -0.3 is 19.7 Å². The lowest BCUT2D eigenvalue weighted by Crippen LogP contribution is -2.47. The van der Waals surface area contributed by atoms with Crippen molar-refractivity contribution in [2.75, 3.05) is 33.4 Å². The van der Waals surface area contributed by atoms with Crippen molar-refractivity contribution in [3.05, 3.63) is 29.8 Å². The molecule has 0 bridgehead atoms. The Morgan fingerprint density at radius 2 is 1.87 bits per heavy atom. The number of methoxy groups -OCH3 is 1. The maximum atomic E-state index is 12.2. The largest absolute Gasteiger partial charge is 0.494 e. The summed E-state index contributed by atoms with van der Waals surface area (Å²) in [5.41, 5.74) is 0.617. The Bertz CT molecular complexity index is 522. The first-order chi connectivity index (χ1) is 11.1. The van der Waals surface area contributed by atoms with E-state index < -0.39 is 0 Å². The molecule has 2 rings (SSSR count). The number of rotatable bonds is 6. The second-order valence-electron chi connectivity index (χ2n) is 5.52. The van der Waals surface area contributed by atoms with Gasteiger partial charge >= 0.3 is 0 Å². The van der Waals surface area contributed by atoms with Crippen LogP contribution in [0, 0.1) is 0 Å². The summed E-state index contributed by atoms with van der Waals surface area (Å²) in [6, 6.07) is 7.21. The molecule has 0 unspecified atom stereocenters. The van der Waals surface area contributed by atoms with Gasteiger partial charge in [-0.1, -0.05) is 0 Å². The van der Waals surface area contributed by atoms with E-state index in [1.54, 1.807) is 29.2 Å². The normalized spacial score (nSPS) is 15.3. The molecule has 1 aromatic rings. The highest BCUT2D eigenvalue weighted by molar-refractivity contribution is 5.94. The number of nitrogens with one attached hydrogen (secondary N) is 1. The van der Waals surface area contributed by atoms with Crippen LogP contribution >= 0.6 is 0 Å². The second-order valence-corrected chi connectivity index (χ2v) is 5.52. The summed E-state index contributed by atoms with van der Waals surface area (Å²) in [5.74, 6) is 0.674. The standard InChI is InChI=1S/C17H24N2O4/c1-3-23-15-6-4-13(5-7-15)17(21)18-14-8-10-19(11-9-14)16(20)12-22-2/h4-7,14H,3,8-12H2,1-2H3,(H,18,21). The Balaban J connectivity index is 1.81. The first-order valence-electron chi connectivity index (χ1n) is 7.94. The van der Waals surface area contributed by atoms with E-state index in [0.717, 1.165) is 18.6 Å². The Hall–Kier alpha value is -2.08. The summed E-state index contributed by atoms with van der Waals surface area (Å²) >= 11 is 0. The smallest absolute Gasteiger partial charge is 0.251 e. The Morgan fingerprint density at radius 3 is 2.43 bits per heavy atom. The van der Waals surface area contributed by atoms with Crippen LogP contribution in [0.2, 0.25) is 0 Å². The molecule has 0 saturated carbocycles. The molecule has 1 aromatic carbocycles. The van der Waals surface area contributed by atoms with Crippen LogP contribution < -0.4 is 10.1 Å². The highest BCUT2D eigenvalue weighted by Crippen LogP contribution is 2.14. The number of piperidine rings is 1. The average Bonchev–Trinajstić information content (AvgIpc) is 2.56. The van der Waals surface area contributed by atoms with Gasteiger partial charge in [-0.2, -0.15) is 0 Å². The van der Waals surface area contributed by atoms with Crippen LogP contribution in [0.1, 0.15) is 30.1 Å². The van der Waals surface area contributed by atoms with E-state index in [9.17, 15) is 9.59 Å². The minimum absolute atomic E-state index is 0.00351. The number of ether oxygens (including phenoxy) is 2. The minimum Gasteiger partial charge on any atom is -0.494 e. The van der Waals surface area contributed by atoms with Crippen molar-refractivity contribution in [2.24, 2.45) is 0 Å². The summed E-state index contributed by atoms with van der Waals surface area (Å²) in [6.07, 6.45) is 1.52. The number of nitrogens with zero attached hydrogens (tertiary/aromatic N) is 1. The van der Waals surface area contributed by atoms with Crippen LogP contribution in [0.25, 0.3) is 0 Å². The van der Waals surface area contributed by atoms with Crippen molar-refractivity contribution in [1.82, 2.24) is 10.2 Å². The van der Waals surface area contributed by atoms with Crippen LogP contribution in [-0.4, -0.2) is 56.2 Å². The Morgan fingerprint density at radius 1 is 1.22 bits per heavy atom. The van der Waals surface area contributed by atoms with Crippen LogP contribution in [0.3, 0.4) is 0 Å². The lowest BCUT2D eigenvalue weighted by Gasteiger charge is -2.32. The Kier molecular flexibility index (Phi) is 6.40. The molecule has 6 heteroatoms. The predicted octanol–water partition coefficient (Wildman–Crippen LogP) is 1.45. The van der Waals surface area contributed by atoms with Crippen LogP contribution in [-0.2, 0) is 9.53 Å². The minimum atomic E-state index is -0.0882. The molecule has 1 aliphatic heterocycles. The molecule has 23 heavy (non-hydrogen) atoms. The van der Waals surface area contributed by atoms with Gasteiger partial charge in [0.05, 0.1) is 6.61 Å². The number of carbonyl (C=O) groups is 2. The molecule has 2 amide bonds. The monoisotopic (exact) mass is 320 g/mol. The third-order valence-corrected chi connectivity index (χ3v) is 3.88. The van der Waals surface area contributed by atoms with E-state index >= 15 is 0 Å². The van der Waals surface area contributed by atoms with Crippen molar-refractivity contribution in [2.45, 2.75) is 25.8 Å². The van der Waals surface area contributed by atoms with E-state index in [1.807, 2.05) is 6.92 Å². The van der Waals surface area contributed by atoms with Gasteiger partial charge in [0.15, 0.2) is 0 Å². The molecule has 1 N–H and O–H groups in total. The van der Waals surface area contributed by atoms with Crippen LogP contribution in [0.5, 0.6) is 5.75 Å². The highest BCUT2D eigenvalue weighted by atomic mass is 16.5. The lowest BCUT2D eigenvalue weighted by atomic mass is 10.0. The van der Waals surface area contributed by atoms with Gasteiger partial charge in [0.25, 0.3) is 5.91 Å². The van der Waals surface area contributed by atoms with Crippen molar-refractivity contribution in [3.8, 4) is 5.75 Å². The molecule has 1 fully saturated rings. The van der Waals surface area contributed by atoms with E-state index in [2.05, 4.69) is 5.32 Å². The second kappa shape index (κ2) is 8.53. The van der Waals surface area contributed by atoms with Crippen molar-refractivity contribution < 1.29 is 19.1 Å². The molecule has 1 aliphatic rings. The molecule has 0 spiro atoms. The molecule has 1 heterocycles. The Labute approximate surface area is 136 Å². The number of likely N-dealkylation sites (tertiary alicyclic amines) is 1. The molecule has 0 aliphatic carbocycles. The summed E-state index contributed by atoms with van der Waals surface area (Å²) in [6.45, 7) is 3.94. The third-order valence-electron chi connectivity index (χ3n) is 3.88. The number of benzene rings is 1. The zero-order chi connectivity index (χ0) is 16.7. The van der Waals surface area contributed by atoms with Crippen LogP contribution in [0.4, 0.5) is 0 Å². The van der Waals surface area contributed by atoms with E-state index in [4.69, 9.17) is 9.47 Å².